The van der Waals surface area contributed by atoms with Crippen LogP contribution in [0.3, 0.4) is 0 Å². The Morgan fingerprint density at radius 3 is 2.50 bits per heavy atom. The van der Waals surface area contributed by atoms with Crippen LogP contribution in [0.25, 0.3) is 0 Å². The molecule has 30 heavy (non-hydrogen) atoms. The Balaban J connectivity index is 0.00000450. The van der Waals surface area contributed by atoms with Crippen LogP contribution < -0.4 is 20.1 Å². The van der Waals surface area contributed by atoms with Gasteiger partial charge < -0.3 is 24.8 Å². The molecule has 1 aromatic carbocycles. The number of halogens is 1. The predicted octanol–water partition coefficient (Wildman–Crippen LogP) is 3.12. The lowest BCUT2D eigenvalue weighted by Crippen LogP contribution is -2.51. The first-order valence-corrected chi connectivity index (χ1v) is 10.6. The van der Waals surface area contributed by atoms with Gasteiger partial charge in [-0.3, -0.25) is 4.90 Å². The molecule has 1 unspecified atom stereocenters. The molecule has 1 atom stereocenters. The third-order valence-electron chi connectivity index (χ3n) is 5.05. The van der Waals surface area contributed by atoms with Gasteiger partial charge in [0.15, 0.2) is 17.5 Å². The minimum Gasteiger partial charge on any atom is -0.493 e. The summed E-state index contributed by atoms with van der Waals surface area (Å²) in [5, 5.41) is 6.90. The van der Waals surface area contributed by atoms with E-state index in [0.29, 0.717) is 18.5 Å². The second-order valence-electron chi connectivity index (χ2n) is 7.66. The molecule has 7 nitrogen and oxygen atoms in total. The molecule has 1 saturated heterocycles. The number of hydrogen-bond acceptors (Lipinski definition) is 5. The van der Waals surface area contributed by atoms with Crippen molar-refractivity contribution in [2.24, 2.45) is 10.9 Å². The molecule has 172 valence electrons. The highest BCUT2D eigenvalue weighted by atomic mass is 127. The van der Waals surface area contributed by atoms with E-state index < -0.39 is 0 Å². The molecule has 0 bridgehead atoms. The van der Waals surface area contributed by atoms with Crippen molar-refractivity contribution in [2.45, 2.75) is 39.8 Å². The Hall–Kier alpha value is -1.26. The Labute approximate surface area is 199 Å². The van der Waals surface area contributed by atoms with E-state index >= 15 is 0 Å². The van der Waals surface area contributed by atoms with Crippen molar-refractivity contribution in [3.63, 3.8) is 0 Å². The largest absolute Gasteiger partial charge is 0.493 e. The van der Waals surface area contributed by atoms with E-state index in [0.717, 1.165) is 68.8 Å². The minimum absolute atomic E-state index is 0. The highest BCUT2D eigenvalue weighted by Crippen LogP contribution is 2.31. The molecule has 0 amide bonds. The molecule has 2 N–H and O–H groups in total. The molecule has 2 rings (SSSR count). The topological polar surface area (TPSA) is 67.4 Å². The van der Waals surface area contributed by atoms with Crippen LogP contribution in [0.5, 0.6) is 11.5 Å². The van der Waals surface area contributed by atoms with Gasteiger partial charge in [-0.15, -0.1) is 24.0 Å². The standard InChI is InChI=1S/C22H38N4O3.HI/c1-6-23-22(24-15-18-8-7-9-20(27-4)21(18)28-5)25-16-19(14-17(2)3)26-10-12-29-13-11-26;/h7-9,17,19H,6,10-16H2,1-5H3,(H2,23,24,25);1H. The van der Waals surface area contributed by atoms with E-state index in [9.17, 15) is 0 Å². The molecular formula is C22H39IN4O3. The molecule has 0 aliphatic carbocycles. The Morgan fingerprint density at radius 2 is 1.90 bits per heavy atom. The van der Waals surface area contributed by atoms with E-state index in [2.05, 4.69) is 36.3 Å². The number of para-hydroxylation sites is 1. The fourth-order valence-electron chi connectivity index (χ4n) is 3.65. The maximum Gasteiger partial charge on any atom is 0.191 e. The van der Waals surface area contributed by atoms with Gasteiger partial charge >= 0.3 is 0 Å². The lowest BCUT2D eigenvalue weighted by Gasteiger charge is -2.35. The zero-order valence-corrected chi connectivity index (χ0v) is 21.4. The SMILES string of the molecule is CCNC(=NCc1cccc(OC)c1OC)NCC(CC(C)C)N1CCOCC1.I. The summed E-state index contributed by atoms with van der Waals surface area (Å²) in [6.45, 7) is 12.5. The summed E-state index contributed by atoms with van der Waals surface area (Å²) < 4.78 is 16.4. The van der Waals surface area contributed by atoms with Gasteiger partial charge in [0.2, 0.25) is 0 Å². The molecule has 1 fully saturated rings. The molecule has 1 aliphatic rings. The molecule has 0 radical (unpaired) electrons. The second kappa shape index (κ2) is 14.7. The van der Waals surface area contributed by atoms with E-state index in [1.807, 2.05) is 18.2 Å². The van der Waals surface area contributed by atoms with E-state index in [-0.39, 0.29) is 24.0 Å². The minimum atomic E-state index is 0. The van der Waals surface area contributed by atoms with Crippen molar-refractivity contribution in [2.75, 3.05) is 53.6 Å². The number of aliphatic imine (C=N–C) groups is 1. The molecule has 0 saturated carbocycles. The number of morpholine rings is 1. The van der Waals surface area contributed by atoms with Crippen LogP contribution in [-0.4, -0.2) is 70.5 Å². The molecule has 0 spiro atoms. The van der Waals surface area contributed by atoms with E-state index in [1.54, 1.807) is 14.2 Å². The zero-order chi connectivity index (χ0) is 21.1. The maximum absolute atomic E-state index is 5.53. The Kier molecular flexibility index (Phi) is 13.1. The second-order valence-corrected chi connectivity index (χ2v) is 7.66. The molecular weight excluding hydrogens is 495 g/mol. The predicted molar refractivity (Wildman–Crippen MR) is 133 cm³/mol. The Morgan fingerprint density at radius 1 is 1.17 bits per heavy atom. The van der Waals surface area contributed by atoms with Gasteiger partial charge in [0.25, 0.3) is 0 Å². The maximum atomic E-state index is 5.53. The average Bonchev–Trinajstić information content (AvgIpc) is 2.74. The fourth-order valence-corrected chi connectivity index (χ4v) is 3.65. The third kappa shape index (κ3) is 8.47. The first-order chi connectivity index (χ1) is 14.1. The summed E-state index contributed by atoms with van der Waals surface area (Å²) in [6.07, 6.45) is 1.15. The smallest absolute Gasteiger partial charge is 0.191 e. The van der Waals surface area contributed by atoms with Crippen LogP contribution in [-0.2, 0) is 11.3 Å². The average molecular weight is 534 g/mol. The lowest BCUT2D eigenvalue weighted by atomic mass is 10.0. The summed E-state index contributed by atoms with van der Waals surface area (Å²) in [5.41, 5.74) is 0.996. The van der Waals surface area contributed by atoms with Gasteiger partial charge in [0, 0.05) is 37.8 Å². The van der Waals surface area contributed by atoms with Crippen LogP contribution in [0.1, 0.15) is 32.8 Å². The van der Waals surface area contributed by atoms with Crippen molar-refractivity contribution in [1.29, 1.82) is 0 Å². The molecule has 1 aromatic rings. The van der Waals surface area contributed by atoms with Gasteiger partial charge in [-0.05, 0) is 25.3 Å². The normalized spacial score (nSPS) is 16.0. The molecule has 1 aliphatic heterocycles. The summed E-state index contributed by atoms with van der Waals surface area (Å²) in [5.74, 6) is 2.92. The number of hydrogen-bond donors (Lipinski definition) is 2. The van der Waals surface area contributed by atoms with Crippen LogP contribution >= 0.6 is 24.0 Å². The van der Waals surface area contributed by atoms with Crippen molar-refractivity contribution in [3.05, 3.63) is 23.8 Å². The fraction of sp³-hybridized carbons (Fsp3) is 0.682. The molecule has 1 heterocycles. The van der Waals surface area contributed by atoms with Crippen LogP contribution in [0.15, 0.2) is 23.2 Å². The highest BCUT2D eigenvalue weighted by Gasteiger charge is 2.22. The van der Waals surface area contributed by atoms with Crippen molar-refractivity contribution >= 4 is 29.9 Å². The van der Waals surface area contributed by atoms with Crippen LogP contribution in [0.2, 0.25) is 0 Å². The van der Waals surface area contributed by atoms with Crippen molar-refractivity contribution < 1.29 is 14.2 Å². The number of guanidine groups is 1. The number of nitrogens with one attached hydrogen (secondary N) is 2. The number of nitrogens with zero attached hydrogens (tertiary/aromatic N) is 2. The number of ether oxygens (including phenoxy) is 3. The third-order valence-corrected chi connectivity index (χ3v) is 5.05. The van der Waals surface area contributed by atoms with Gasteiger partial charge in [0.05, 0.1) is 34.0 Å². The number of rotatable bonds is 10. The summed E-state index contributed by atoms with van der Waals surface area (Å²) >= 11 is 0. The first kappa shape index (κ1) is 26.8. The van der Waals surface area contributed by atoms with Crippen molar-refractivity contribution in [1.82, 2.24) is 15.5 Å². The number of methoxy groups -OCH3 is 2. The van der Waals surface area contributed by atoms with E-state index in [1.165, 1.54) is 0 Å². The monoisotopic (exact) mass is 534 g/mol. The summed E-state index contributed by atoms with van der Waals surface area (Å²) in [4.78, 5) is 7.31. The van der Waals surface area contributed by atoms with Gasteiger partial charge in [-0.25, -0.2) is 4.99 Å². The summed E-state index contributed by atoms with van der Waals surface area (Å²) in [7, 11) is 3.31. The molecule has 8 heteroatoms. The van der Waals surface area contributed by atoms with Crippen LogP contribution in [0, 0.1) is 5.92 Å². The van der Waals surface area contributed by atoms with Gasteiger partial charge in [-0.1, -0.05) is 26.0 Å². The summed E-state index contributed by atoms with van der Waals surface area (Å²) in [6, 6.07) is 6.34. The molecule has 0 aromatic heterocycles. The highest BCUT2D eigenvalue weighted by molar-refractivity contribution is 14.0. The quantitative estimate of drug-likeness (QED) is 0.273. The van der Waals surface area contributed by atoms with Gasteiger partial charge in [0.1, 0.15) is 0 Å². The van der Waals surface area contributed by atoms with E-state index in [4.69, 9.17) is 19.2 Å². The lowest BCUT2D eigenvalue weighted by molar-refractivity contribution is 0.0132. The zero-order valence-electron chi connectivity index (χ0n) is 19.1. The Bertz CT molecular complexity index is 637. The first-order valence-electron chi connectivity index (χ1n) is 10.6. The number of benzene rings is 1. The van der Waals surface area contributed by atoms with Crippen molar-refractivity contribution in [3.8, 4) is 11.5 Å². The van der Waals surface area contributed by atoms with Crippen LogP contribution in [0.4, 0.5) is 0 Å². The van der Waals surface area contributed by atoms with Gasteiger partial charge in [-0.2, -0.15) is 0 Å².